The molecule has 0 unspecified atom stereocenters. The number of aromatic nitrogens is 5. The van der Waals surface area contributed by atoms with Crippen molar-refractivity contribution >= 4 is 16.9 Å². The number of hydrogen-bond donors (Lipinski definition) is 2. The van der Waals surface area contributed by atoms with E-state index in [1.165, 1.54) is 0 Å². The number of H-pyrrole nitrogens is 1. The average molecular weight is 350 g/mol. The van der Waals surface area contributed by atoms with Crippen LogP contribution in [0.25, 0.3) is 22.6 Å². The van der Waals surface area contributed by atoms with Gasteiger partial charge in [0.2, 0.25) is 5.89 Å². The summed E-state index contributed by atoms with van der Waals surface area (Å²) in [6, 6.07) is 5.62. The molecule has 26 heavy (non-hydrogen) atoms. The monoisotopic (exact) mass is 350 g/mol. The lowest BCUT2D eigenvalue weighted by molar-refractivity contribution is 0.539. The summed E-state index contributed by atoms with van der Waals surface area (Å²) < 4.78 is 7.25. The molecule has 0 atom stereocenters. The third kappa shape index (κ3) is 2.65. The van der Waals surface area contributed by atoms with Gasteiger partial charge >= 0.3 is 5.69 Å². The summed E-state index contributed by atoms with van der Waals surface area (Å²) in [6.07, 6.45) is 1.76. The van der Waals surface area contributed by atoms with E-state index in [4.69, 9.17) is 10.2 Å². The first-order valence-corrected chi connectivity index (χ1v) is 8.17. The van der Waals surface area contributed by atoms with Crippen molar-refractivity contribution in [3.8, 4) is 11.6 Å². The summed E-state index contributed by atoms with van der Waals surface area (Å²) in [5.74, 6) is 1.33. The van der Waals surface area contributed by atoms with E-state index in [2.05, 4.69) is 19.9 Å². The normalized spacial score (nSPS) is 11.3. The quantitative estimate of drug-likeness (QED) is 0.586. The molecule has 0 aromatic carbocycles. The molecule has 0 saturated carbocycles. The molecule has 132 valence electrons. The van der Waals surface area contributed by atoms with Crippen LogP contribution in [0.4, 0.5) is 5.82 Å². The van der Waals surface area contributed by atoms with E-state index in [1.54, 1.807) is 16.8 Å². The molecule has 4 aromatic rings. The lowest BCUT2D eigenvalue weighted by Crippen LogP contribution is -2.17. The highest BCUT2D eigenvalue weighted by Gasteiger charge is 2.16. The molecular weight excluding hydrogens is 332 g/mol. The van der Waals surface area contributed by atoms with Crippen LogP contribution in [0, 0.1) is 20.8 Å². The standard InChI is InChI=1S/C18H18N6O2/c1-9-4-5-12(7-20-9)8-24-14-6-13(17-21-10(2)11(3)26-17)22-16(19)15(14)23-18(24)25/h4-7H,8H2,1-3H3,(H2,19,22)(H,23,25). The average Bonchev–Trinajstić information content (AvgIpc) is 3.10. The van der Waals surface area contributed by atoms with Crippen LogP contribution in [0.2, 0.25) is 0 Å². The van der Waals surface area contributed by atoms with E-state index < -0.39 is 0 Å². The molecule has 8 nitrogen and oxygen atoms in total. The predicted octanol–water partition coefficient (Wildman–Crippen LogP) is 2.33. The fourth-order valence-corrected chi connectivity index (χ4v) is 2.80. The van der Waals surface area contributed by atoms with Crippen molar-refractivity contribution in [1.29, 1.82) is 0 Å². The van der Waals surface area contributed by atoms with Crippen molar-refractivity contribution in [1.82, 2.24) is 24.5 Å². The number of nitrogen functional groups attached to an aromatic ring is 1. The van der Waals surface area contributed by atoms with E-state index in [0.717, 1.165) is 22.7 Å². The van der Waals surface area contributed by atoms with E-state index in [0.29, 0.717) is 29.2 Å². The molecule has 0 saturated heterocycles. The first kappa shape index (κ1) is 16.1. The number of hydrogen-bond acceptors (Lipinski definition) is 6. The third-order valence-electron chi connectivity index (χ3n) is 4.36. The van der Waals surface area contributed by atoms with Crippen LogP contribution in [0.15, 0.2) is 33.6 Å². The number of oxazole rings is 1. The van der Waals surface area contributed by atoms with Crippen molar-refractivity contribution < 1.29 is 4.42 Å². The summed E-state index contributed by atoms with van der Waals surface area (Å²) in [5.41, 5.74) is 10.1. The van der Waals surface area contributed by atoms with Gasteiger partial charge in [0, 0.05) is 11.9 Å². The van der Waals surface area contributed by atoms with Crippen LogP contribution < -0.4 is 11.4 Å². The molecule has 4 heterocycles. The Hall–Kier alpha value is -3.42. The SMILES string of the molecule is Cc1ccc(Cn2c(=O)[nH]c3c(N)nc(-c4nc(C)c(C)o4)cc32)cn1. The zero-order valence-corrected chi connectivity index (χ0v) is 14.7. The molecule has 4 rings (SSSR count). The molecule has 8 heteroatoms. The smallest absolute Gasteiger partial charge is 0.326 e. The molecule has 4 aromatic heterocycles. The highest BCUT2D eigenvalue weighted by Crippen LogP contribution is 2.25. The summed E-state index contributed by atoms with van der Waals surface area (Å²) in [6.45, 7) is 5.99. The van der Waals surface area contributed by atoms with Gasteiger partial charge in [-0.05, 0) is 38.5 Å². The fourth-order valence-electron chi connectivity index (χ4n) is 2.80. The number of anilines is 1. The van der Waals surface area contributed by atoms with Gasteiger partial charge in [0.1, 0.15) is 22.8 Å². The van der Waals surface area contributed by atoms with Crippen LogP contribution in [-0.4, -0.2) is 24.5 Å². The second-order valence-electron chi connectivity index (χ2n) is 6.27. The van der Waals surface area contributed by atoms with Gasteiger partial charge < -0.3 is 15.1 Å². The Morgan fingerprint density at radius 1 is 1.23 bits per heavy atom. The van der Waals surface area contributed by atoms with Gasteiger partial charge in [0.05, 0.1) is 17.8 Å². The Morgan fingerprint density at radius 3 is 2.69 bits per heavy atom. The molecule has 0 fully saturated rings. The number of aryl methyl sites for hydroxylation is 3. The molecule has 0 aliphatic heterocycles. The van der Waals surface area contributed by atoms with Crippen molar-refractivity contribution in [2.75, 3.05) is 5.73 Å². The number of pyridine rings is 2. The largest absolute Gasteiger partial charge is 0.440 e. The number of rotatable bonds is 3. The number of nitrogens with zero attached hydrogens (tertiary/aromatic N) is 4. The van der Waals surface area contributed by atoms with Gasteiger partial charge in [-0.15, -0.1) is 0 Å². The lowest BCUT2D eigenvalue weighted by atomic mass is 10.2. The van der Waals surface area contributed by atoms with Crippen LogP contribution >= 0.6 is 0 Å². The van der Waals surface area contributed by atoms with Crippen LogP contribution in [0.1, 0.15) is 22.7 Å². The lowest BCUT2D eigenvalue weighted by Gasteiger charge is -2.05. The molecule has 0 aliphatic rings. The minimum absolute atomic E-state index is 0.226. The Labute approximate surface area is 148 Å². The van der Waals surface area contributed by atoms with E-state index in [9.17, 15) is 4.79 Å². The summed E-state index contributed by atoms with van der Waals surface area (Å²) in [7, 11) is 0. The van der Waals surface area contributed by atoms with Gasteiger partial charge in [-0.3, -0.25) is 9.55 Å². The second-order valence-corrected chi connectivity index (χ2v) is 6.27. The Balaban J connectivity index is 1.86. The number of imidazole rings is 1. The van der Waals surface area contributed by atoms with Crippen molar-refractivity contribution in [3.63, 3.8) is 0 Å². The maximum atomic E-state index is 12.4. The minimum atomic E-state index is -0.258. The van der Waals surface area contributed by atoms with Crippen LogP contribution in [0.3, 0.4) is 0 Å². The fraction of sp³-hybridized carbons (Fsp3) is 0.222. The topological polar surface area (TPSA) is 116 Å². The summed E-state index contributed by atoms with van der Waals surface area (Å²) in [4.78, 5) is 28.2. The van der Waals surface area contributed by atoms with Crippen LogP contribution in [-0.2, 0) is 6.54 Å². The third-order valence-corrected chi connectivity index (χ3v) is 4.36. The summed E-state index contributed by atoms with van der Waals surface area (Å²) in [5, 5.41) is 0. The van der Waals surface area contributed by atoms with E-state index in [1.807, 2.05) is 32.9 Å². The molecule has 0 spiro atoms. The molecule has 0 bridgehead atoms. The summed E-state index contributed by atoms with van der Waals surface area (Å²) >= 11 is 0. The maximum absolute atomic E-state index is 12.4. The first-order valence-electron chi connectivity index (χ1n) is 8.17. The van der Waals surface area contributed by atoms with Gasteiger partial charge in [-0.25, -0.2) is 14.8 Å². The van der Waals surface area contributed by atoms with Crippen LogP contribution in [0.5, 0.6) is 0 Å². The molecule has 0 amide bonds. The van der Waals surface area contributed by atoms with Gasteiger partial charge in [-0.1, -0.05) is 6.07 Å². The Bertz CT molecular complexity index is 1150. The minimum Gasteiger partial charge on any atom is -0.440 e. The maximum Gasteiger partial charge on any atom is 0.326 e. The number of fused-ring (bicyclic) bond motifs is 1. The zero-order chi connectivity index (χ0) is 18.4. The number of nitrogens with one attached hydrogen (secondary N) is 1. The molecular formula is C18H18N6O2. The molecule has 3 N–H and O–H groups in total. The van der Waals surface area contributed by atoms with Crippen molar-refractivity contribution in [3.05, 3.63) is 57.6 Å². The van der Waals surface area contributed by atoms with Gasteiger partial charge in [-0.2, -0.15) is 0 Å². The van der Waals surface area contributed by atoms with Crippen molar-refractivity contribution in [2.45, 2.75) is 27.3 Å². The number of aromatic amines is 1. The van der Waals surface area contributed by atoms with E-state index >= 15 is 0 Å². The van der Waals surface area contributed by atoms with Gasteiger partial charge in [0.25, 0.3) is 0 Å². The second kappa shape index (κ2) is 5.83. The van der Waals surface area contributed by atoms with Crippen molar-refractivity contribution in [2.24, 2.45) is 0 Å². The zero-order valence-electron chi connectivity index (χ0n) is 14.7. The Morgan fingerprint density at radius 2 is 2.04 bits per heavy atom. The Kier molecular flexibility index (Phi) is 3.61. The highest BCUT2D eigenvalue weighted by molar-refractivity contribution is 5.87. The van der Waals surface area contributed by atoms with Gasteiger partial charge in [0.15, 0.2) is 0 Å². The molecule has 0 aliphatic carbocycles. The van der Waals surface area contributed by atoms with E-state index in [-0.39, 0.29) is 11.5 Å². The molecule has 0 radical (unpaired) electrons. The number of nitrogens with two attached hydrogens (primary N) is 1. The predicted molar refractivity (Wildman–Crippen MR) is 97.8 cm³/mol. The highest BCUT2D eigenvalue weighted by atomic mass is 16.4. The first-order chi connectivity index (χ1) is 12.4.